The summed E-state index contributed by atoms with van der Waals surface area (Å²) in [6.07, 6.45) is -2.35. The van der Waals surface area contributed by atoms with Crippen LogP contribution in [0.2, 0.25) is 0 Å². The summed E-state index contributed by atoms with van der Waals surface area (Å²) in [5.74, 6) is -2.81. The van der Waals surface area contributed by atoms with Gasteiger partial charge in [-0.3, -0.25) is 4.79 Å². The fourth-order valence-electron chi connectivity index (χ4n) is 1.67. The summed E-state index contributed by atoms with van der Waals surface area (Å²) in [5, 5.41) is 0. The van der Waals surface area contributed by atoms with E-state index in [0.29, 0.717) is 13.1 Å². The number of likely N-dealkylation sites (tertiary alicyclic amines) is 1. The molecule has 0 aromatic heterocycles. The van der Waals surface area contributed by atoms with Gasteiger partial charge in [0.2, 0.25) is 5.91 Å². The Labute approximate surface area is 102 Å². The molecule has 0 saturated carbocycles. The van der Waals surface area contributed by atoms with Crippen molar-refractivity contribution < 1.29 is 27.5 Å². The van der Waals surface area contributed by atoms with Crippen LogP contribution in [0, 0.1) is 0 Å². The zero-order valence-corrected chi connectivity index (χ0v) is 9.70. The van der Waals surface area contributed by atoms with E-state index >= 15 is 0 Å². The van der Waals surface area contributed by atoms with E-state index in [1.54, 1.807) is 0 Å². The number of piperidine rings is 1. The van der Waals surface area contributed by atoms with Crippen molar-refractivity contribution in [2.75, 3.05) is 19.7 Å². The number of nitrogens with zero attached hydrogens (tertiary/aromatic N) is 1. The van der Waals surface area contributed by atoms with Gasteiger partial charge < -0.3 is 15.4 Å². The van der Waals surface area contributed by atoms with Gasteiger partial charge in [0.25, 0.3) is 0 Å². The van der Waals surface area contributed by atoms with E-state index < -0.39 is 30.7 Å². The molecule has 1 saturated heterocycles. The van der Waals surface area contributed by atoms with Crippen LogP contribution in [-0.4, -0.2) is 48.7 Å². The summed E-state index contributed by atoms with van der Waals surface area (Å²) in [5.41, 5.74) is 5.40. The molecule has 0 unspecified atom stereocenters. The van der Waals surface area contributed by atoms with Gasteiger partial charge in [0.1, 0.15) is 12.6 Å². The quantitative estimate of drug-likeness (QED) is 0.753. The van der Waals surface area contributed by atoms with Crippen molar-refractivity contribution in [1.29, 1.82) is 0 Å². The Morgan fingerprint density at radius 2 is 1.78 bits per heavy atom. The number of alkyl halides is 3. The standard InChI is InChI=1S/C10H15F3N2O3/c11-10(12,13)9(17)18-6-7(14)8(16)15-4-2-1-3-5-15/h7H,1-6,14H2/t7-/m0/s1. The predicted octanol–water partition coefficient (Wildman–Crippen LogP) is 0.432. The number of ether oxygens (including phenoxy) is 1. The highest BCUT2D eigenvalue weighted by Crippen LogP contribution is 2.16. The van der Waals surface area contributed by atoms with Crippen LogP contribution >= 0.6 is 0 Å². The maximum Gasteiger partial charge on any atom is 0.490 e. The minimum atomic E-state index is -5.06. The molecule has 104 valence electrons. The summed E-state index contributed by atoms with van der Waals surface area (Å²) in [4.78, 5) is 23.6. The van der Waals surface area contributed by atoms with Gasteiger partial charge in [-0.15, -0.1) is 0 Å². The molecule has 1 aliphatic rings. The van der Waals surface area contributed by atoms with Crippen molar-refractivity contribution in [2.45, 2.75) is 31.5 Å². The van der Waals surface area contributed by atoms with E-state index in [1.807, 2.05) is 0 Å². The average Bonchev–Trinajstić information content (AvgIpc) is 2.34. The van der Waals surface area contributed by atoms with Crippen molar-refractivity contribution in [3.8, 4) is 0 Å². The second-order valence-electron chi connectivity index (χ2n) is 4.09. The number of esters is 1. The first kappa shape index (κ1) is 14.7. The summed E-state index contributed by atoms with van der Waals surface area (Å²) >= 11 is 0. The predicted molar refractivity (Wildman–Crippen MR) is 55.4 cm³/mol. The molecule has 18 heavy (non-hydrogen) atoms. The molecular formula is C10H15F3N2O3. The topological polar surface area (TPSA) is 72.6 Å². The van der Waals surface area contributed by atoms with Crippen molar-refractivity contribution >= 4 is 11.9 Å². The van der Waals surface area contributed by atoms with E-state index in [4.69, 9.17) is 5.73 Å². The molecule has 1 rings (SSSR count). The molecule has 0 aromatic rings. The summed E-state index contributed by atoms with van der Waals surface area (Å²) < 4.78 is 39.5. The number of hydrogen-bond donors (Lipinski definition) is 1. The van der Waals surface area contributed by atoms with Crippen molar-refractivity contribution in [3.63, 3.8) is 0 Å². The molecule has 1 amide bonds. The lowest BCUT2D eigenvalue weighted by atomic mass is 10.1. The molecule has 1 fully saturated rings. The maximum atomic E-state index is 11.8. The van der Waals surface area contributed by atoms with Crippen molar-refractivity contribution in [3.05, 3.63) is 0 Å². The Morgan fingerprint density at radius 3 is 2.28 bits per heavy atom. The number of nitrogens with two attached hydrogens (primary N) is 1. The molecule has 2 N–H and O–H groups in total. The molecule has 5 nitrogen and oxygen atoms in total. The number of rotatable bonds is 3. The fourth-order valence-corrected chi connectivity index (χ4v) is 1.67. The van der Waals surface area contributed by atoms with Crippen LogP contribution in [-0.2, 0) is 14.3 Å². The Balaban J connectivity index is 2.38. The van der Waals surface area contributed by atoms with Crippen LogP contribution < -0.4 is 5.73 Å². The molecule has 1 heterocycles. The van der Waals surface area contributed by atoms with Crippen molar-refractivity contribution in [1.82, 2.24) is 4.90 Å². The van der Waals surface area contributed by atoms with Gasteiger partial charge >= 0.3 is 12.1 Å². The van der Waals surface area contributed by atoms with Crippen LogP contribution in [0.15, 0.2) is 0 Å². The molecule has 0 aliphatic carbocycles. The Bertz CT molecular complexity index is 314. The molecule has 8 heteroatoms. The molecule has 0 aromatic carbocycles. The average molecular weight is 268 g/mol. The van der Waals surface area contributed by atoms with Crippen LogP contribution in [0.25, 0.3) is 0 Å². The molecular weight excluding hydrogens is 253 g/mol. The Kier molecular flexibility index (Phi) is 4.94. The summed E-state index contributed by atoms with van der Waals surface area (Å²) in [7, 11) is 0. The second-order valence-corrected chi connectivity index (χ2v) is 4.09. The smallest absolute Gasteiger partial charge is 0.457 e. The minimum absolute atomic E-state index is 0.482. The highest BCUT2D eigenvalue weighted by molar-refractivity contribution is 5.82. The molecule has 1 atom stereocenters. The number of halogens is 3. The van der Waals surface area contributed by atoms with Gasteiger partial charge in [-0.05, 0) is 19.3 Å². The lowest BCUT2D eigenvalue weighted by molar-refractivity contribution is -0.200. The first-order valence-corrected chi connectivity index (χ1v) is 5.60. The van der Waals surface area contributed by atoms with Gasteiger partial charge in [0, 0.05) is 13.1 Å². The van der Waals surface area contributed by atoms with Gasteiger partial charge in [0.15, 0.2) is 0 Å². The number of carbonyl (C=O) groups is 2. The van der Waals surface area contributed by atoms with Crippen molar-refractivity contribution in [2.24, 2.45) is 5.73 Å². The monoisotopic (exact) mass is 268 g/mol. The minimum Gasteiger partial charge on any atom is -0.457 e. The highest BCUT2D eigenvalue weighted by Gasteiger charge is 2.41. The molecule has 0 radical (unpaired) electrons. The first-order valence-electron chi connectivity index (χ1n) is 5.60. The van der Waals surface area contributed by atoms with E-state index in [9.17, 15) is 22.8 Å². The van der Waals surface area contributed by atoms with Crippen LogP contribution in [0.4, 0.5) is 13.2 Å². The molecule has 1 aliphatic heterocycles. The van der Waals surface area contributed by atoms with E-state index in [1.165, 1.54) is 4.90 Å². The second kappa shape index (κ2) is 6.03. The lowest BCUT2D eigenvalue weighted by Crippen LogP contribution is -2.48. The molecule has 0 spiro atoms. The van der Waals surface area contributed by atoms with Crippen LogP contribution in [0.5, 0.6) is 0 Å². The van der Waals surface area contributed by atoms with Crippen LogP contribution in [0.3, 0.4) is 0 Å². The SMILES string of the molecule is N[C@@H](COC(=O)C(F)(F)F)C(=O)N1CCCCC1. The number of amides is 1. The zero-order valence-electron chi connectivity index (χ0n) is 9.70. The molecule has 0 bridgehead atoms. The van der Waals surface area contributed by atoms with Gasteiger partial charge in [0.05, 0.1) is 0 Å². The first-order chi connectivity index (χ1) is 8.32. The Morgan fingerprint density at radius 1 is 1.22 bits per heavy atom. The zero-order chi connectivity index (χ0) is 13.8. The fraction of sp³-hybridized carbons (Fsp3) is 0.800. The summed E-state index contributed by atoms with van der Waals surface area (Å²) in [6, 6.07) is -1.24. The van der Waals surface area contributed by atoms with E-state index in [0.717, 1.165) is 19.3 Å². The van der Waals surface area contributed by atoms with Gasteiger partial charge in [-0.1, -0.05) is 0 Å². The third kappa shape index (κ3) is 4.17. The van der Waals surface area contributed by atoms with E-state index in [2.05, 4.69) is 4.74 Å². The van der Waals surface area contributed by atoms with Gasteiger partial charge in [-0.25, -0.2) is 4.79 Å². The normalized spacial score (nSPS) is 18.3. The lowest BCUT2D eigenvalue weighted by Gasteiger charge is -2.28. The van der Waals surface area contributed by atoms with Gasteiger partial charge in [-0.2, -0.15) is 13.2 Å². The summed E-state index contributed by atoms with van der Waals surface area (Å²) in [6.45, 7) is 0.327. The number of hydrogen-bond acceptors (Lipinski definition) is 4. The number of carbonyl (C=O) groups excluding carboxylic acids is 2. The third-order valence-electron chi connectivity index (χ3n) is 2.61. The largest absolute Gasteiger partial charge is 0.490 e. The van der Waals surface area contributed by atoms with E-state index in [-0.39, 0.29) is 0 Å². The third-order valence-corrected chi connectivity index (χ3v) is 2.61. The van der Waals surface area contributed by atoms with Crippen LogP contribution in [0.1, 0.15) is 19.3 Å². The highest BCUT2D eigenvalue weighted by atomic mass is 19.4. The Hall–Kier alpha value is -1.31. The maximum absolute atomic E-state index is 11.8.